The molecule has 0 aliphatic rings. The van der Waals surface area contributed by atoms with Crippen LogP contribution < -0.4 is 11.1 Å². The summed E-state index contributed by atoms with van der Waals surface area (Å²) in [6.07, 6.45) is 1.96. The van der Waals surface area contributed by atoms with E-state index in [-0.39, 0.29) is 11.9 Å². The van der Waals surface area contributed by atoms with Crippen molar-refractivity contribution in [1.29, 1.82) is 0 Å². The van der Waals surface area contributed by atoms with Crippen LogP contribution in [0.15, 0.2) is 0 Å². The molecule has 0 aromatic rings. The van der Waals surface area contributed by atoms with Crippen molar-refractivity contribution < 1.29 is 4.79 Å². The van der Waals surface area contributed by atoms with E-state index < -0.39 is 0 Å². The Hall–Kier alpha value is -0.610. The van der Waals surface area contributed by atoms with Gasteiger partial charge in [0.15, 0.2) is 0 Å². The molecule has 0 saturated carbocycles. The highest BCUT2D eigenvalue weighted by atomic mass is 16.2. The van der Waals surface area contributed by atoms with Crippen LogP contribution in [0.1, 0.15) is 33.6 Å². The van der Waals surface area contributed by atoms with Gasteiger partial charge in [-0.05, 0) is 39.3 Å². The monoisotopic (exact) mass is 229 g/mol. The second-order valence-corrected chi connectivity index (χ2v) is 5.04. The quantitative estimate of drug-likeness (QED) is 0.648. The summed E-state index contributed by atoms with van der Waals surface area (Å²) in [6.45, 7) is 8.40. The van der Waals surface area contributed by atoms with Gasteiger partial charge in [0.1, 0.15) is 0 Å². The first-order valence-electron chi connectivity index (χ1n) is 6.12. The average molecular weight is 229 g/mol. The minimum absolute atomic E-state index is 0.104. The molecule has 0 bridgehead atoms. The molecule has 0 rings (SSSR count). The first-order valence-corrected chi connectivity index (χ1v) is 6.12. The molecule has 0 saturated heterocycles. The largest absolute Gasteiger partial charge is 0.355 e. The molecule has 0 aliphatic heterocycles. The maximum atomic E-state index is 11.5. The van der Waals surface area contributed by atoms with Crippen molar-refractivity contribution >= 4 is 5.91 Å². The smallest absolute Gasteiger partial charge is 0.234 e. The molecule has 4 heteroatoms. The van der Waals surface area contributed by atoms with Gasteiger partial charge in [-0.1, -0.05) is 13.8 Å². The Morgan fingerprint density at radius 3 is 2.44 bits per heavy atom. The molecular formula is C12H27N3O. The first kappa shape index (κ1) is 15.4. The van der Waals surface area contributed by atoms with Gasteiger partial charge in [0.25, 0.3) is 0 Å². The Bertz CT molecular complexity index is 193. The van der Waals surface area contributed by atoms with Gasteiger partial charge in [-0.2, -0.15) is 0 Å². The second-order valence-electron chi connectivity index (χ2n) is 5.04. The summed E-state index contributed by atoms with van der Waals surface area (Å²) in [6, 6.07) is 0.200. The number of nitrogens with zero attached hydrogens (tertiary/aromatic N) is 1. The van der Waals surface area contributed by atoms with E-state index in [2.05, 4.69) is 19.2 Å². The number of carbonyl (C=O) groups is 1. The standard InChI is InChI=1S/C12H27N3O/c1-10(2)5-7-14-12(16)9-15(4)8-6-11(3)13/h10-11H,5-9,13H2,1-4H3,(H,14,16). The molecule has 1 atom stereocenters. The van der Waals surface area contributed by atoms with Gasteiger partial charge in [0, 0.05) is 12.6 Å². The third-order valence-electron chi connectivity index (χ3n) is 2.42. The summed E-state index contributed by atoms with van der Waals surface area (Å²) < 4.78 is 0. The van der Waals surface area contributed by atoms with Crippen LogP contribution in [-0.4, -0.2) is 43.5 Å². The van der Waals surface area contributed by atoms with E-state index in [9.17, 15) is 4.79 Å². The number of hydrogen-bond donors (Lipinski definition) is 2. The molecule has 0 heterocycles. The van der Waals surface area contributed by atoms with Crippen molar-refractivity contribution in [2.75, 3.05) is 26.7 Å². The molecule has 0 aromatic heterocycles. The summed E-state index contributed by atoms with van der Waals surface area (Å²) in [5, 5.41) is 2.92. The third kappa shape index (κ3) is 9.93. The van der Waals surface area contributed by atoms with E-state index in [0.717, 1.165) is 25.9 Å². The number of amides is 1. The van der Waals surface area contributed by atoms with Crippen LogP contribution in [0.3, 0.4) is 0 Å². The minimum Gasteiger partial charge on any atom is -0.355 e. The minimum atomic E-state index is 0.104. The summed E-state index contributed by atoms with van der Waals surface area (Å²) in [4.78, 5) is 13.5. The Balaban J connectivity index is 3.54. The van der Waals surface area contributed by atoms with Crippen LogP contribution in [-0.2, 0) is 4.79 Å². The SMILES string of the molecule is CC(C)CCNC(=O)CN(C)CCC(C)N. The van der Waals surface area contributed by atoms with E-state index in [1.54, 1.807) is 0 Å². The number of likely N-dealkylation sites (N-methyl/N-ethyl adjacent to an activating group) is 1. The van der Waals surface area contributed by atoms with Crippen LogP contribution in [0, 0.1) is 5.92 Å². The van der Waals surface area contributed by atoms with E-state index in [1.807, 2.05) is 18.9 Å². The highest BCUT2D eigenvalue weighted by molar-refractivity contribution is 5.77. The molecule has 0 spiro atoms. The molecule has 3 N–H and O–H groups in total. The summed E-state index contributed by atoms with van der Waals surface area (Å²) in [5.41, 5.74) is 5.66. The summed E-state index contributed by atoms with van der Waals surface area (Å²) in [7, 11) is 1.95. The number of rotatable bonds is 8. The second kappa shape index (κ2) is 8.53. The van der Waals surface area contributed by atoms with Crippen molar-refractivity contribution in [2.45, 2.75) is 39.7 Å². The van der Waals surface area contributed by atoms with Gasteiger partial charge >= 0.3 is 0 Å². The maximum Gasteiger partial charge on any atom is 0.234 e. The van der Waals surface area contributed by atoms with Gasteiger partial charge in [-0.25, -0.2) is 0 Å². The Morgan fingerprint density at radius 1 is 1.31 bits per heavy atom. The van der Waals surface area contributed by atoms with Gasteiger partial charge in [0.2, 0.25) is 5.91 Å². The van der Waals surface area contributed by atoms with E-state index in [1.165, 1.54) is 0 Å². The fourth-order valence-corrected chi connectivity index (χ4v) is 1.30. The van der Waals surface area contributed by atoms with Gasteiger partial charge in [0.05, 0.1) is 6.54 Å². The normalized spacial score (nSPS) is 13.2. The lowest BCUT2D eigenvalue weighted by Gasteiger charge is -2.17. The molecule has 1 unspecified atom stereocenters. The molecule has 1 amide bonds. The van der Waals surface area contributed by atoms with Crippen molar-refractivity contribution in [2.24, 2.45) is 11.7 Å². The zero-order valence-corrected chi connectivity index (χ0v) is 11.1. The van der Waals surface area contributed by atoms with Crippen LogP contribution >= 0.6 is 0 Å². The van der Waals surface area contributed by atoms with Gasteiger partial charge in [-0.3, -0.25) is 9.69 Å². The van der Waals surface area contributed by atoms with Crippen LogP contribution in [0.2, 0.25) is 0 Å². The zero-order valence-electron chi connectivity index (χ0n) is 11.1. The number of nitrogens with one attached hydrogen (secondary N) is 1. The highest BCUT2D eigenvalue weighted by Gasteiger charge is 2.06. The molecule has 96 valence electrons. The Morgan fingerprint density at radius 2 is 1.94 bits per heavy atom. The summed E-state index contributed by atoms with van der Waals surface area (Å²) in [5.74, 6) is 0.740. The molecular weight excluding hydrogens is 202 g/mol. The average Bonchev–Trinajstić information content (AvgIpc) is 2.14. The predicted octanol–water partition coefficient (Wildman–Crippen LogP) is 0.818. The van der Waals surface area contributed by atoms with Crippen LogP contribution in [0.25, 0.3) is 0 Å². The fraction of sp³-hybridized carbons (Fsp3) is 0.917. The fourth-order valence-electron chi connectivity index (χ4n) is 1.30. The zero-order chi connectivity index (χ0) is 12.6. The molecule has 4 nitrogen and oxygen atoms in total. The van der Waals surface area contributed by atoms with Gasteiger partial charge in [-0.15, -0.1) is 0 Å². The van der Waals surface area contributed by atoms with Gasteiger partial charge < -0.3 is 11.1 Å². The third-order valence-corrected chi connectivity index (χ3v) is 2.42. The maximum absolute atomic E-state index is 11.5. The van der Waals surface area contributed by atoms with E-state index in [0.29, 0.717) is 12.5 Å². The number of carbonyl (C=O) groups excluding carboxylic acids is 1. The van der Waals surface area contributed by atoms with Crippen molar-refractivity contribution in [3.05, 3.63) is 0 Å². The van der Waals surface area contributed by atoms with Crippen LogP contribution in [0.4, 0.5) is 0 Å². The lowest BCUT2D eigenvalue weighted by atomic mass is 10.1. The molecule has 16 heavy (non-hydrogen) atoms. The molecule has 0 aliphatic carbocycles. The Kier molecular flexibility index (Phi) is 8.21. The lowest BCUT2D eigenvalue weighted by Crippen LogP contribution is -2.37. The first-order chi connectivity index (χ1) is 7.41. The van der Waals surface area contributed by atoms with Crippen LogP contribution in [0.5, 0.6) is 0 Å². The van der Waals surface area contributed by atoms with E-state index >= 15 is 0 Å². The summed E-state index contributed by atoms with van der Waals surface area (Å²) >= 11 is 0. The Labute approximate surface area is 99.6 Å². The number of nitrogens with two attached hydrogens (primary N) is 1. The predicted molar refractivity (Wildman–Crippen MR) is 68.2 cm³/mol. The molecule has 0 fully saturated rings. The van der Waals surface area contributed by atoms with E-state index in [4.69, 9.17) is 5.73 Å². The topological polar surface area (TPSA) is 58.4 Å². The lowest BCUT2D eigenvalue weighted by molar-refractivity contribution is -0.122. The van der Waals surface area contributed by atoms with Crippen molar-refractivity contribution in [3.63, 3.8) is 0 Å². The molecule has 0 radical (unpaired) electrons. The highest BCUT2D eigenvalue weighted by Crippen LogP contribution is 1.96. The van der Waals surface area contributed by atoms with Crippen molar-refractivity contribution in [1.82, 2.24) is 10.2 Å². The molecule has 0 aromatic carbocycles. The van der Waals surface area contributed by atoms with Crippen molar-refractivity contribution in [3.8, 4) is 0 Å². The number of hydrogen-bond acceptors (Lipinski definition) is 3.